The summed E-state index contributed by atoms with van der Waals surface area (Å²) in [6.07, 6.45) is 0. The number of carbonyl (C=O) groups is 6. The van der Waals surface area contributed by atoms with E-state index in [-0.39, 0.29) is 59.5 Å². The Morgan fingerprint density at radius 2 is 0.488 bits per heavy atom. The second-order valence-corrected chi connectivity index (χ2v) is 20.0. The van der Waals surface area contributed by atoms with Crippen molar-refractivity contribution < 1.29 is 71.4 Å². The summed E-state index contributed by atoms with van der Waals surface area (Å²) in [5, 5.41) is 9.51. The van der Waals surface area contributed by atoms with E-state index in [4.69, 9.17) is 42.6 Å². The second kappa shape index (κ2) is 28.8. The third-order valence-corrected chi connectivity index (χ3v) is 14.2. The molecule has 3 heterocycles. The van der Waals surface area contributed by atoms with E-state index in [1.807, 2.05) is 54.6 Å². The minimum absolute atomic E-state index is 0.126. The normalized spacial score (nSPS) is 15.0. The van der Waals surface area contributed by atoms with Gasteiger partial charge < -0.3 is 58.6 Å². The Kier molecular flexibility index (Phi) is 21.4. The molecule has 0 spiro atoms. The van der Waals surface area contributed by atoms with Gasteiger partial charge in [0.15, 0.2) is 0 Å². The zero-order valence-corrected chi connectivity index (χ0v) is 49.9. The first kappa shape index (κ1) is 62.5. The van der Waals surface area contributed by atoms with Crippen LogP contribution in [0.2, 0.25) is 0 Å². The Morgan fingerprint density at radius 3 is 0.655 bits per heavy atom. The molecule has 4 aromatic rings. The SMILES string of the molecule is CCOC(=O)C1=C(C)NC(C)=C(C(=O)OCC)C1c1ccc(OCc2cc(COc3ccc(C4C(C(=O)OCC)=C(C)NC(C)=C4C(=O)OCC)cc3)cc(COc3ccc(C4C(C(=O)OCC)=C(C)NC(C)=C4C(=O)OCC)cc3)c2)cc1. The van der Waals surface area contributed by atoms with Crippen molar-refractivity contribution >= 4 is 35.8 Å². The van der Waals surface area contributed by atoms with Crippen LogP contribution < -0.4 is 30.2 Å². The van der Waals surface area contributed by atoms with Crippen molar-refractivity contribution in [1.29, 1.82) is 0 Å². The van der Waals surface area contributed by atoms with Crippen molar-refractivity contribution in [2.75, 3.05) is 39.6 Å². The van der Waals surface area contributed by atoms with Crippen LogP contribution in [-0.4, -0.2) is 75.5 Å². The summed E-state index contributed by atoms with van der Waals surface area (Å²) in [6, 6.07) is 27.5. The molecule has 3 N–H and O–H groups in total. The average Bonchev–Trinajstić information content (AvgIpc) is 2.76. The number of hydrogen-bond acceptors (Lipinski definition) is 18. The molecule has 0 aromatic heterocycles. The molecule has 3 aliphatic heterocycles. The predicted octanol–water partition coefficient (Wildman–Crippen LogP) is 10.5. The molecule has 0 aliphatic carbocycles. The zero-order chi connectivity index (χ0) is 60.8. The van der Waals surface area contributed by atoms with Gasteiger partial charge in [-0.1, -0.05) is 36.4 Å². The van der Waals surface area contributed by atoms with Crippen LogP contribution in [0.4, 0.5) is 0 Å². The fourth-order valence-electron chi connectivity index (χ4n) is 10.7. The fraction of sp³-hybridized carbons (Fsp3) is 0.364. The molecular weight excluding hydrogens is 1070 g/mol. The Bertz CT molecular complexity index is 2860. The lowest BCUT2D eigenvalue weighted by molar-refractivity contribution is -0.141. The first-order valence-electron chi connectivity index (χ1n) is 28.3. The smallest absolute Gasteiger partial charge is 0.336 e. The van der Waals surface area contributed by atoms with Crippen LogP contribution in [0.1, 0.15) is 134 Å². The summed E-state index contributed by atoms with van der Waals surface area (Å²) in [4.78, 5) is 80.6. The van der Waals surface area contributed by atoms with Crippen molar-refractivity contribution in [1.82, 2.24) is 16.0 Å². The molecule has 18 heteroatoms. The van der Waals surface area contributed by atoms with Gasteiger partial charge >= 0.3 is 35.8 Å². The van der Waals surface area contributed by atoms with Gasteiger partial charge in [0.05, 0.1) is 90.8 Å². The highest BCUT2D eigenvalue weighted by atomic mass is 16.6. The molecule has 7 rings (SSSR count). The first-order chi connectivity index (χ1) is 40.4. The Morgan fingerprint density at radius 1 is 0.310 bits per heavy atom. The van der Waals surface area contributed by atoms with Gasteiger partial charge in [0.1, 0.15) is 37.1 Å². The number of rotatable bonds is 24. The van der Waals surface area contributed by atoms with Crippen LogP contribution in [0, 0.1) is 0 Å². The Balaban J connectivity index is 1.17. The maximum absolute atomic E-state index is 13.4. The molecule has 0 unspecified atom stereocenters. The average molecular weight is 1150 g/mol. The number of carbonyl (C=O) groups excluding carboxylic acids is 6. The van der Waals surface area contributed by atoms with E-state index in [9.17, 15) is 28.8 Å². The van der Waals surface area contributed by atoms with Gasteiger partial charge in [-0.25, -0.2) is 28.8 Å². The van der Waals surface area contributed by atoms with Crippen molar-refractivity contribution in [2.24, 2.45) is 0 Å². The van der Waals surface area contributed by atoms with Gasteiger partial charge in [-0.05, 0) is 171 Å². The molecule has 0 saturated carbocycles. The third-order valence-electron chi connectivity index (χ3n) is 14.2. The molecule has 3 aliphatic rings. The highest BCUT2D eigenvalue weighted by Crippen LogP contribution is 2.43. The van der Waals surface area contributed by atoms with E-state index in [1.165, 1.54) is 0 Å². The largest absolute Gasteiger partial charge is 0.489 e. The highest BCUT2D eigenvalue weighted by molar-refractivity contribution is 6.02. The lowest BCUT2D eigenvalue weighted by Gasteiger charge is -2.30. The molecule has 0 saturated heterocycles. The summed E-state index contributed by atoms with van der Waals surface area (Å²) >= 11 is 0. The van der Waals surface area contributed by atoms with Crippen LogP contribution >= 0.6 is 0 Å². The standard InChI is InChI=1S/C66H75N3O15/c1-13-76-61(70)52-37(7)67-38(8)53(62(71)77-14-2)58(52)46-19-25-49(26-20-46)82-34-43-31-44(35-83-50-27-21-47(22-28-50)59-54(63(72)78-15-3)39(9)68-40(10)55(59)64(73)79-16-4)33-45(32-43)36-84-51-29-23-48(24-30-51)60-56(65(74)80-17-5)41(11)69-42(12)57(60)66(75)81-18-6/h19-33,58-60,67-69H,13-18,34-36H2,1-12H3. The summed E-state index contributed by atoms with van der Waals surface area (Å²) in [5.41, 5.74) is 9.59. The number of nitrogens with one attached hydrogen (secondary N) is 3. The molecule has 0 radical (unpaired) electrons. The van der Waals surface area contributed by atoms with Gasteiger partial charge in [-0.3, -0.25) is 0 Å². The molecule has 0 amide bonds. The van der Waals surface area contributed by atoms with Crippen LogP contribution in [0.3, 0.4) is 0 Å². The minimum atomic E-state index is -0.767. The summed E-state index contributed by atoms with van der Waals surface area (Å²) in [6.45, 7) is 22.3. The third kappa shape index (κ3) is 14.4. The number of allylic oxidation sites excluding steroid dienone is 6. The summed E-state index contributed by atoms with van der Waals surface area (Å²) in [5.74, 6) is -4.00. The Labute approximate surface area is 490 Å². The van der Waals surface area contributed by atoms with Crippen LogP contribution in [0.15, 0.2) is 159 Å². The van der Waals surface area contributed by atoms with Crippen molar-refractivity contribution in [3.05, 3.63) is 192 Å². The topological polar surface area (TPSA) is 222 Å². The van der Waals surface area contributed by atoms with E-state index >= 15 is 0 Å². The number of dihydropyridines is 3. The highest BCUT2D eigenvalue weighted by Gasteiger charge is 2.41. The number of ether oxygens (including phenoxy) is 9. The van der Waals surface area contributed by atoms with Crippen molar-refractivity contribution in [2.45, 2.75) is 121 Å². The monoisotopic (exact) mass is 1150 g/mol. The molecule has 0 atom stereocenters. The molecule has 444 valence electrons. The van der Waals surface area contributed by atoms with E-state index < -0.39 is 53.6 Å². The molecule has 18 nitrogen and oxygen atoms in total. The lowest BCUT2D eigenvalue weighted by atomic mass is 9.80. The van der Waals surface area contributed by atoms with Gasteiger partial charge in [0, 0.05) is 34.2 Å². The number of benzene rings is 4. The van der Waals surface area contributed by atoms with Crippen LogP contribution in [0.5, 0.6) is 17.2 Å². The summed E-state index contributed by atoms with van der Waals surface area (Å²) in [7, 11) is 0. The van der Waals surface area contributed by atoms with Crippen LogP contribution in [0.25, 0.3) is 0 Å². The first-order valence-corrected chi connectivity index (χ1v) is 28.3. The Hall–Kier alpha value is -9.06. The van der Waals surface area contributed by atoms with Crippen molar-refractivity contribution in [3.8, 4) is 17.2 Å². The molecule has 0 bridgehead atoms. The number of hydrogen-bond donors (Lipinski definition) is 3. The van der Waals surface area contributed by atoms with E-state index in [0.29, 0.717) is 102 Å². The van der Waals surface area contributed by atoms with Crippen LogP contribution in [-0.2, 0) is 77.0 Å². The summed E-state index contributed by atoms with van der Waals surface area (Å²) < 4.78 is 52.0. The van der Waals surface area contributed by atoms with Gasteiger partial charge in [-0.15, -0.1) is 0 Å². The van der Waals surface area contributed by atoms with Gasteiger partial charge in [0.25, 0.3) is 0 Å². The molecule has 84 heavy (non-hydrogen) atoms. The van der Waals surface area contributed by atoms with Gasteiger partial charge in [-0.2, -0.15) is 0 Å². The molecule has 0 fully saturated rings. The maximum atomic E-state index is 13.4. The minimum Gasteiger partial charge on any atom is -0.489 e. The lowest BCUT2D eigenvalue weighted by Crippen LogP contribution is -2.32. The molecule has 4 aromatic carbocycles. The van der Waals surface area contributed by atoms with Gasteiger partial charge in [0.2, 0.25) is 0 Å². The van der Waals surface area contributed by atoms with E-state index in [0.717, 1.165) is 16.7 Å². The van der Waals surface area contributed by atoms with E-state index in [1.54, 1.807) is 119 Å². The fourth-order valence-corrected chi connectivity index (χ4v) is 10.7. The second-order valence-electron chi connectivity index (χ2n) is 20.0. The maximum Gasteiger partial charge on any atom is 0.336 e. The predicted molar refractivity (Wildman–Crippen MR) is 312 cm³/mol. The van der Waals surface area contributed by atoms with E-state index in [2.05, 4.69) is 16.0 Å². The quantitative estimate of drug-likeness (QED) is 0.0438. The zero-order valence-electron chi connectivity index (χ0n) is 49.9. The van der Waals surface area contributed by atoms with Crippen molar-refractivity contribution in [3.63, 3.8) is 0 Å². The number of esters is 6. The molecular formula is C66H75N3O15.